The lowest BCUT2D eigenvalue weighted by Crippen LogP contribution is -2.39. The van der Waals surface area contributed by atoms with Gasteiger partial charge in [0.05, 0.1) is 23.8 Å². The third-order valence-electron chi connectivity index (χ3n) is 3.75. The van der Waals surface area contributed by atoms with Crippen LogP contribution in [0.2, 0.25) is 0 Å². The molecule has 2 N–H and O–H groups in total. The summed E-state index contributed by atoms with van der Waals surface area (Å²) in [6.07, 6.45) is 2.51. The second-order valence-corrected chi connectivity index (χ2v) is 6.19. The molecule has 4 unspecified atom stereocenters. The van der Waals surface area contributed by atoms with Crippen LogP contribution in [-0.2, 0) is 14.3 Å². The second-order valence-electron chi connectivity index (χ2n) is 4.99. The maximum atomic E-state index is 12.3. The Hall–Kier alpha value is -1.73. The largest absolute Gasteiger partial charge is 0.481 e. The summed E-state index contributed by atoms with van der Waals surface area (Å²) in [5.41, 5.74) is 0.865. The van der Waals surface area contributed by atoms with E-state index in [1.54, 1.807) is 12.2 Å². The van der Waals surface area contributed by atoms with Crippen LogP contribution in [0.25, 0.3) is 0 Å². The number of thiazole rings is 1. The van der Waals surface area contributed by atoms with E-state index in [4.69, 9.17) is 4.74 Å². The highest BCUT2D eigenvalue weighted by Gasteiger charge is 2.53. The van der Waals surface area contributed by atoms with Gasteiger partial charge < -0.3 is 15.2 Å². The maximum absolute atomic E-state index is 12.3. The Balaban J connectivity index is 1.79. The Morgan fingerprint density at radius 3 is 2.50 bits per heavy atom. The van der Waals surface area contributed by atoms with E-state index in [0.29, 0.717) is 5.13 Å². The summed E-state index contributed by atoms with van der Waals surface area (Å²) in [7, 11) is 0. The van der Waals surface area contributed by atoms with Gasteiger partial charge in [0, 0.05) is 4.88 Å². The number of aliphatic carboxylic acids is 1. The van der Waals surface area contributed by atoms with Crippen LogP contribution in [0.1, 0.15) is 10.6 Å². The molecule has 0 aliphatic carbocycles. The number of carbonyl (C=O) groups excluding carboxylic acids is 1. The number of amides is 1. The lowest BCUT2D eigenvalue weighted by atomic mass is 9.82. The van der Waals surface area contributed by atoms with Crippen molar-refractivity contribution in [2.45, 2.75) is 26.1 Å². The second kappa shape index (κ2) is 4.68. The molecular formula is C13H14N2O4S. The first-order chi connectivity index (χ1) is 9.47. The van der Waals surface area contributed by atoms with E-state index in [1.165, 1.54) is 11.3 Å². The summed E-state index contributed by atoms with van der Waals surface area (Å²) >= 11 is 1.38. The Morgan fingerprint density at radius 2 is 1.95 bits per heavy atom. The average Bonchev–Trinajstić information content (AvgIpc) is 3.04. The predicted molar refractivity (Wildman–Crippen MR) is 72.6 cm³/mol. The summed E-state index contributed by atoms with van der Waals surface area (Å²) in [5.74, 6) is -2.88. The fraction of sp³-hybridized carbons (Fsp3) is 0.462. The molecule has 2 bridgehead atoms. The van der Waals surface area contributed by atoms with Crippen LogP contribution >= 0.6 is 11.3 Å². The van der Waals surface area contributed by atoms with Crippen molar-refractivity contribution in [3.8, 4) is 0 Å². The van der Waals surface area contributed by atoms with E-state index in [0.717, 1.165) is 10.6 Å². The van der Waals surface area contributed by atoms with Gasteiger partial charge in [-0.3, -0.25) is 9.59 Å². The third-order valence-corrected chi connectivity index (χ3v) is 4.73. The lowest BCUT2D eigenvalue weighted by molar-refractivity contribution is -0.145. The number of ether oxygens (including phenoxy) is 1. The Morgan fingerprint density at radius 1 is 1.30 bits per heavy atom. The molecule has 4 atom stereocenters. The fourth-order valence-electron chi connectivity index (χ4n) is 2.63. The molecule has 3 rings (SSSR count). The summed E-state index contributed by atoms with van der Waals surface area (Å²) in [6.45, 7) is 3.79. The van der Waals surface area contributed by atoms with E-state index in [-0.39, 0.29) is 5.91 Å². The highest BCUT2D eigenvalue weighted by Crippen LogP contribution is 2.40. The molecule has 106 valence electrons. The molecule has 0 radical (unpaired) electrons. The highest BCUT2D eigenvalue weighted by atomic mass is 32.1. The van der Waals surface area contributed by atoms with Crippen LogP contribution in [0.3, 0.4) is 0 Å². The number of carboxylic acid groups (broad SMARTS) is 1. The van der Waals surface area contributed by atoms with Crippen molar-refractivity contribution in [1.29, 1.82) is 0 Å². The summed E-state index contributed by atoms with van der Waals surface area (Å²) in [5, 5.41) is 12.5. The molecular weight excluding hydrogens is 280 g/mol. The minimum atomic E-state index is -1.01. The number of carbonyl (C=O) groups is 2. The van der Waals surface area contributed by atoms with Gasteiger partial charge >= 0.3 is 5.97 Å². The van der Waals surface area contributed by atoms with Gasteiger partial charge in [-0.15, -0.1) is 11.3 Å². The van der Waals surface area contributed by atoms with Crippen molar-refractivity contribution < 1.29 is 19.4 Å². The lowest BCUT2D eigenvalue weighted by Gasteiger charge is -2.20. The molecule has 1 aromatic heterocycles. The van der Waals surface area contributed by atoms with Crippen LogP contribution < -0.4 is 5.32 Å². The molecule has 1 aromatic rings. The smallest absolute Gasteiger partial charge is 0.310 e. The van der Waals surface area contributed by atoms with Gasteiger partial charge in [-0.05, 0) is 13.8 Å². The van der Waals surface area contributed by atoms with Crippen LogP contribution in [-0.4, -0.2) is 34.2 Å². The number of nitrogens with one attached hydrogen (secondary N) is 1. The van der Waals surface area contributed by atoms with Crippen LogP contribution in [0, 0.1) is 25.7 Å². The molecule has 20 heavy (non-hydrogen) atoms. The molecule has 1 fully saturated rings. The SMILES string of the molecule is Cc1nc(NC(=O)C2C3C=CC(O3)C2C(=O)O)sc1C. The first-order valence-corrected chi connectivity index (χ1v) is 7.10. The van der Waals surface area contributed by atoms with Gasteiger partial charge in [-0.25, -0.2) is 4.98 Å². The minimum absolute atomic E-state index is 0.344. The van der Waals surface area contributed by atoms with Gasteiger partial charge in [0.15, 0.2) is 5.13 Å². The van der Waals surface area contributed by atoms with E-state index in [9.17, 15) is 14.7 Å². The first-order valence-electron chi connectivity index (χ1n) is 6.29. The van der Waals surface area contributed by atoms with Crippen molar-refractivity contribution in [1.82, 2.24) is 4.98 Å². The molecule has 0 aromatic carbocycles. The van der Waals surface area contributed by atoms with Crippen LogP contribution in [0.4, 0.5) is 5.13 Å². The number of hydrogen-bond acceptors (Lipinski definition) is 5. The zero-order valence-electron chi connectivity index (χ0n) is 11.0. The number of nitrogens with zero attached hydrogens (tertiary/aromatic N) is 1. The zero-order valence-corrected chi connectivity index (χ0v) is 11.8. The van der Waals surface area contributed by atoms with Gasteiger partial charge in [0.1, 0.15) is 5.92 Å². The number of carboxylic acids is 1. The molecule has 1 saturated heterocycles. The van der Waals surface area contributed by atoms with E-state index >= 15 is 0 Å². The quantitative estimate of drug-likeness (QED) is 0.822. The van der Waals surface area contributed by atoms with E-state index in [1.807, 2.05) is 13.8 Å². The van der Waals surface area contributed by atoms with Crippen LogP contribution in [0.15, 0.2) is 12.2 Å². The topological polar surface area (TPSA) is 88.5 Å². The molecule has 3 heterocycles. The molecule has 7 heteroatoms. The molecule has 2 aliphatic rings. The average molecular weight is 294 g/mol. The Bertz CT molecular complexity index is 590. The number of aryl methyl sites for hydroxylation is 2. The van der Waals surface area contributed by atoms with E-state index < -0.39 is 30.0 Å². The van der Waals surface area contributed by atoms with Gasteiger partial charge in [-0.1, -0.05) is 12.2 Å². The van der Waals surface area contributed by atoms with Gasteiger partial charge in [0.25, 0.3) is 0 Å². The standard InChI is InChI=1S/C13H14N2O4S/c1-5-6(2)20-13(14-5)15-11(16)9-7-3-4-8(19-7)10(9)12(17)18/h3-4,7-10H,1-2H3,(H,17,18)(H,14,15,16). The van der Waals surface area contributed by atoms with Gasteiger partial charge in [0.2, 0.25) is 5.91 Å². The highest BCUT2D eigenvalue weighted by molar-refractivity contribution is 7.15. The Kier molecular flexibility index (Phi) is 3.10. The van der Waals surface area contributed by atoms with Crippen molar-refractivity contribution >= 4 is 28.3 Å². The minimum Gasteiger partial charge on any atom is -0.481 e. The van der Waals surface area contributed by atoms with Crippen molar-refractivity contribution in [3.05, 3.63) is 22.7 Å². The fourth-order valence-corrected chi connectivity index (χ4v) is 3.45. The molecule has 0 saturated carbocycles. The van der Waals surface area contributed by atoms with Crippen molar-refractivity contribution in [2.75, 3.05) is 5.32 Å². The molecule has 6 nitrogen and oxygen atoms in total. The van der Waals surface area contributed by atoms with Crippen molar-refractivity contribution in [3.63, 3.8) is 0 Å². The third kappa shape index (κ3) is 2.03. The van der Waals surface area contributed by atoms with Crippen LogP contribution in [0.5, 0.6) is 0 Å². The predicted octanol–water partition coefficient (Wildman–Crippen LogP) is 1.35. The number of fused-ring (bicyclic) bond motifs is 2. The summed E-state index contributed by atoms with van der Waals surface area (Å²) in [4.78, 5) is 28.9. The first kappa shape index (κ1) is 13.3. The molecule has 0 spiro atoms. The number of anilines is 1. The molecule has 1 amide bonds. The summed E-state index contributed by atoms with van der Waals surface area (Å²) < 4.78 is 5.48. The normalized spacial score (nSPS) is 30.7. The molecule has 2 aliphatic heterocycles. The zero-order chi connectivity index (χ0) is 14.4. The van der Waals surface area contributed by atoms with E-state index in [2.05, 4.69) is 10.3 Å². The summed E-state index contributed by atoms with van der Waals surface area (Å²) in [6, 6.07) is 0. The Labute approximate surface area is 119 Å². The number of hydrogen-bond donors (Lipinski definition) is 2. The maximum Gasteiger partial charge on any atom is 0.310 e. The number of rotatable bonds is 3. The monoisotopic (exact) mass is 294 g/mol. The van der Waals surface area contributed by atoms with Crippen molar-refractivity contribution in [2.24, 2.45) is 11.8 Å². The van der Waals surface area contributed by atoms with Gasteiger partial charge in [-0.2, -0.15) is 0 Å². The number of aromatic nitrogens is 1.